The summed E-state index contributed by atoms with van der Waals surface area (Å²) in [7, 11) is 0. The molecule has 3 N–H and O–H groups in total. The molecule has 3 amide bonds. The highest BCUT2D eigenvalue weighted by Gasteiger charge is 2.25. The topological polar surface area (TPSA) is 81.7 Å². The normalized spacial score (nSPS) is 10.9. The first-order chi connectivity index (χ1) is 12.8. The monoisotopic (exact) mass is 369 g/mol. The smallest absolute Gasteiger partial charge is 0.407 e. The van der Waals surface area contributed by atoms with E-state index >= 15 is 0 Å². The Bertz CT molecular complexity index is 770. The van der Waals surface area contributed by atoms with Gasteiger partial charge in [-0.25, -0.2) is 9.59 Å². The van der Waals surface area contributed by atoms with Gasteiger partial charge in [-0.15, -0.1) is 0 Å². The van der Waals surface area contributed by atoms with Crippen molar-refractivity contribution in [3.05, 3.63) is 65.7 Å². The van der Waals surface area contributed by atoms with Gasteiger partial charge in [0.05, 0.1) is 0 Å². The summed E-state index contributed by atoms with van der Waals surface area (Å²) in [6, 6.07) is 16.9. The third-order valence-electron chi connectivity index (χ3n) is 4.15. The first kappa shape index (κ1) is 20.3. The zero-order chi connectivity index (χ0) is 19.9. The molecular formula is C21H27N3O3. The Hall–Kier alpha value is -3.02. The molecule has 2 aromatic carbocycles. The molecule has 6 heteroatoms. The second kappa shape index (κ2) is 9.07. The van der Waals surface area contributed by atoms with E-state index in [1.807, 2.05) is 75.4 Å². The number of benzene rings is 2. The molecular weight excluding hydrogens is 342 g/mol. The number of carbonyl (C=O) groups is 2. The van der Waals surface area contributed by atoms with Crippen LogP contribution < -0.4 is 10.6 Å². The lowest BCUT2D eigenvalue weighted by Gasteiger charge is -2.33. The van der Waals surface area contributed by atoms with Gasteiger partial charge in [0, 0.05) is 24.3 Å². The van der Waals surface area contributed by atoms with Crippen molar-refractivity contribution in [3.63, 3.8) is 0 Å². The maximum absolute atomic E-state index is 12.1. The van der Waals surface area contributed by atoms with E-state index in [0.29, 0.717) is 25.2 Å². The Morgan fingerprint density at radius 2 is 1.67 bits per heavy atom. The number of hydrogen-bond donors (Lipinski definition) is 3. The van der Waals surface area contributed by atoms with Crippen molar-refractivity contribution in [1.29, 1.82) is 0 Å². The number of rotatable bonds is 6. The summed E-state index contributed by atoms with van der Waals surface area (Å²) in [5.74, 6) is 0. The van der Waals surface area contributed by atoms with Crippen LogP contribution in [0.1, 0.15) is 31.9 Å². The van der Waals surface area contributed by atoms with E-state index in [4.69, 9.17) is 0 Å². The molecule has 0 radical (unpaired) electrons. The minimum Gasteiger partial charge on any atom is -0.465 e. The van der Waals surface area contributed by atoms with Gasteiger partial charge in [0.15, 0.2) is 0 Å². The number of nitrogens with zero attached hydrogens (tertiary/aromatic N) is 1. The zero-order valence-electron chi connectivity index (χ0n) is 16.0. The second-order valence-corrected chi connectivity index (χ2v) is 7.35. The van der Waals surface area contributed by atoms with Crippen LogP contribution in [0.2, 0.25) is 0 Å². The van der Waals surface area contributed by atoms with Crippen molar-refractivity contribution in [1.82, 2.24) is 10.2 Å². The van der Waals surface area contributed by atoms with Gasteiger partial charge in [0.2, 0.25) is 0 Å². The van der Waals surface area contributed by atoms with Crippen LogP contribution in [0.5, 0.6) is 0 Å². The van der Waals surface area contributed by atoms with Gasteiger partial charge >= 0.3 is 12.1 Å². The fourth-order valence-electron chi connectivity index (χ4n) is 2.72. The van der Waals surface area contributed by atoms with Crippen LogP contribution in [0, 0.1) is 0 Å². The van der Waals surface area contributed by atoms with E-state index in [2.05, 4.69) is 10.6 Å². The summed E-state index contributed by atoms with van der Waals surface area (Å²) >= 11 is 0. The molecule has 0 aromatic heterocycles. The van der Waals surface area contributed by atoms with Crippen LogP contribution in [0.15, 0.2) is 54.6 Å². The fourth-order valence-corrected chi connectivity index (χ4v) is 2.72. The van der Waals surface area contributed by atoms with Gasteiger partial charge in [-0.2, -0.15) is 0 Å². The molecule has 0 aliphatic heterocycles. The molecule has 6 nitrogen and oxygen atoms in total. The zero-order valence-corrected chi connectivity index (χ0v) is 16.0. The molecule has 0 saturated heterocycles. The van der Waals surface area contributed by atoms with E-state index in [9.17, 15) is 14.7 Å². The number of hydrogen-bond acceptors (Lipinski definition) is 2. The lowest BCUT2D eigenvalue weighted by molar-refractivity contribution is 0.101. The summed E-state index contributed by atoms with van der Waals surface area (Å²) < 4.78 is 0. The first-order valence-electron chi connectivity index (χ1n) is 8.94. The van der Waals surface area contributed by atoms with Gasteiger partial charge in [-0.3, -0.25) is 0 Å². The van der Waals surface area contributed by atoms with Crippen LogP contribution >= 0.6 is 0 Å². The molecule has 2 rings (SSSR count). The number of amides is 3. The Labute approximate surface area is 160 Å². The van der Waals surface area contributed by atoms with Gasteiger partial charge in [-0.05, 0) is 50.5 Å². The maximum atomic E-state index is 12.1. The number of carboxylic acid groups (broad SMARTS) is 1. The molecule has 0 heterocycles. The molecule has 0 spiro atoms. The van der Waals surface area contributed by atoms with E-state index in [1.165, 1.54) is 4.90 Å². The first-order valence-corrected chi connectivity index (χ1v) is 8.94. The Balaban J connectivity index is 1.90. The standard InChI is InChI=1S/C21H27N3O3/c1-21(2,3)24(20(26)27)13-12-16-10-7-11-18(14-16)23-19(25)22-15-17-8-5-4-6-9-17/h4-11,14H,12-13,15H2,1-3H3,(H,26,27)(H2,22,23,25). The Morgan fingerprint density at radius 1 is 1.00 bits per heavy atom. The van der Waals surface area contributed by atoms with Crippen molar-refractivity contribution in [2.45, 2.75) is 39.3 Å². The Morgan fingerprint density at radius 3 is 2.30 bits per heavy atom. The van der Waals surface area contributed by atoms with E-state index < -0.39 is 11.6 Å². The molecule has 27 heavy (non-hydrogen) atoms. The molecule has 0 atom stereocenters. The number of carbonyl (C=O) groups excluding carboxylic acids is 1. The van der Waals surface area contributed by atoms with Crippen LogP contribution in [0.3, 0.4) is 0 Å². The van der Waals surface area contributed by atoms with Gasteiger partial charge in [0.1, 0.15) is 0 Å². The minimum absolute atomic E-state index is 0.280. The third kappa shape index (κ3) is 6.66. The van der Waals surface area contributed by atoms with Crippen LogP contribution in [-0.2, 0) is 13.0 Å². The molecule has 0 aliphatic carbocycles. The third-order valence-corrected chi connectivity index (χ3v) is 4.15. The summed E-state index contributed by atoms with van der Waals surface area (Å²) in [5.41, 5.74) is 2.21. The number of anilines is 1. The summed E-state index contributed by atoms with van der Waals surface area (Å²) in [6.45, 7) is 6.45. The second-order valence-electron chi connectivity index (χ2n) is 7.35. The largest absolute Gasteiger partial charge is 0.465 e. The van der Waals surface area contributed by atoms with Crippen molar-refractivity contribution in [2.24, 2.45) is 0 Å². The lowest BCUT2D eigenvalue weighted by Crippen LogP contribution is -2.45. The molecule has 0 aliphatic rings. The predicted octanol–water partition coefficient (Wildman–Crippen LogP) is 4.33. The fraction of sp³-hybridized carbons (Fsp3) is 0.333. The minimum atomic E-state index is -0.933. The van der Waals surface area contributed by atoms with Crippen molar-refractivity contribution >= 4 is 17.8 Å². The lowest BCUT2D eigenvalue weighted by atomic mass is 10.0. The molecule has 0 bridgehead atoms. The van der Waals surface area contributed by atoms with Crippen molar-refractivity contribution < 1.29 is 14.7 Å². The Kier molecular flexibility index (Phi) is 6.82. The van der Waals surface area contributed by atoms with Crippen LogP contribution in [-0.4, -0.2) is 34.2 Å². The van der Waals surface area contributed by atoms with Crippen molar-refractivity contribution in [3.8, 4) is 0 Å². The summed E-state index contributed by atoms with van der Waals surface area (Å²) in [6.07, 6.45) is -0.359. The quantitative estimate of drug-likeness (QED) is 0.709. The molecule has 0 fully saturated rings. The van der Waals surface area contributed by atoms with Crippen molar-refractivity contribution in [2.75, 3.05) is 11.9 Å². The van der Waals surface area contributed by atoms with Crippen LogP contribution in [0.4, 0.5) is 15.3 Å². The van der Waals surface area contributed by atoms with Gasteiger partial charge in [0.25, 0.3) is 0 Å². The highest BCUT2D eigenvalue weighted by molar-refractivity contribution is 5.89. The van der Waals surface area contributed by atoms with Crippen LogP contribution in [0.25, 0.3) is 0 Å². The molecule has 0 unspecified atom stereocenters. The average Bonchev–Trinajstić information content (AvgIpc) is 2.60. The van der Waals surface area contributed by atoms with E-state index in [1.54, 1.807) is 0 Å². The van der Waals surface area contributed by atoms with Gasteiger partial charge in [-0.1, -0.05) is 42.5 Å². The molecule has 144 valence electrons. The predicted molar refractivity (Wildman–Crippen MR) is 107 cm³/mol. The SMILES string of the molecule is CC(C)(C)N(CCc1cccc(NC(=O)NCc2ccccc2)c1)C(=O)O. The number of urea groups is 1. The molecule has 0 saturated carbocycles. The van der Waals surface area contributed by atoms with Gasteiger partial charge < -0.3 is 20.6 Å². The highest BCUT2D eigenvalue weighted by Crippen LogP contribution is 2.16. The highest BCUT2D eigenvalue weighted by atomic mass is 16.4. The van der Waals surface area contributed by atoms with E-state index in [-0.39, 0.29) is 6.03 Å². The average molecular weight is 369 g/mol. The van der Waals surface area contributed by atoms with E-state index in [0.717, 1.165) is 11.1 Å². The molecule has 2 aromatic rings. The number of nitrogens with one attached hydrogen (secondary N) is 2. The summed E-state index contributed by atoms with van der Waals surface area (Å²) in [5, 5.41) is 15.0. The summed E-state index contributed by atoms with van der Waals surface area (Å²) in [4.78, 5) is 24.9. The maximum Gasteiger partial charge on any atom is 0.407 e.